The lowest BCUT2D eigenvalue weighted by Gasteiger charge is -2.24. The van der Waals surface area contributed by atoms with Gasteiger partial charge in [-0.15, -0.1) is 0 Å². The van der Waals surface area contributed by atoms with Crippen LogP contribution in [0, 0.1) is 16.0 Å². The van der Waals surface area contributed by atoms with Gasteiger partial charge in [-0.05, 0) is 35.4 Å². The fourth-order valence-corrected chi connectivity index (χ4v) is 2.53. The van der Waals surface area contributed by atoms with Crippen LogP contribution in [0.4, 0.5) is 5.69 Å². The first-order valence-corrected chi connectivity index (χ1v) is 8.59. The van der Waals surface area contributed by atoms with Crippen molar-refractivity contribution in [2.24, 2.45) is 5.92 Å². The zero-order valence-corrected chi connectivity index (χ0v) is 15.6. The third-order valence-corrected chi connectivity index (χ3v) is 4.03. The predicted octanol–water partition coefficient (Wildman–Crippen LogP) is 2.84. The Morgan fingerprint density at radius 2 is 2.00 bits per heavy atom. The number of hydrogen-bond acceptors (Lipinski definition) is 6. The molecule has 0 saturated heterocycles. The standard InChI is InChI=1S/C20H21N3O5/c1-15(20(25)28-2)13-22(14-17-4-3-11-21-12-17)19(24)10-7-16-5-8-18(9-6-16)23(26)27/h3-12,15H,13-14H2,1-2H3/b10-7+. The molecule has 0 bridgehead atoms. The minimum absolute atomic E-state index is 0.0198. The Kier molecular flexibility index (Phi) is 7.38. The quantitative estimate of drug-likeness (QED) is 0.301. The van der Waals surface area contributed by atoms with Gasteiger partial charge in [0.15, 0.2) is 0 Å². The molecule has 8 heteroatoms. The van der Waals surface area contributed by atoms with E-state index in [2.05, 4.69) is 4.98 Å². The summed E-state index contributed by atoms with van der Waals surface area (Å²) in [6.45, 7) is 2.17. The van der Waals surface area contributed by atoms with E-state index in [1.165, 1.54) is 30.2 Å². The molecule has 2 rings (SSSR count). The fraction of sp³-hybridized carbons (Fsp3) is 0.250. The molecule has 0 fully saturated rings. The second-order valence-electron chi connectivity index (χ2n) is 6.19. The lowest BCUT2D eigenvalue weighted by Crippen LogP contribution is -2.35. The summed E-state index contributed by atoms with van der Waals surface area (Å²) in [4.78, 5) is 40.2. The maximum atomic E-state index is 12.7. The van der Waals surface area contributed by atoms with Crippen molar-refractivity contribution in [2.45, 2.75) is 13.5 Å². The first-order valence-electron chi connectivity index (χ1n) is 8.59. The number of hydrogen-bond donors (Lipinski definition) is 0. The summed E-state index contributed by atoms with van der Waals surface area (Å²) >= 11 is 0. The van der Waals surface area contributed by atoms with Gasteiger partial charge < -0.3 is 9.64 Å². The lowest BCUT2D eigenvalue weighted by atomic mass is 10.1. The molecular formula is C20H21N3O5. The van der Waals surface area contributed by atoms with Gasteiger partial charge in [0.25, 0.3) is 5.69 Å². The third kappa shape index (κ3) is 6.01. The van der Waals surface area contributed by atoms with Crippen LogP contribution in [-0.2, 0) is 20.9 Å². The molecular weight excluding hydrogens is 362 g/mol. The van der Waals surface area contributed by atoms with E-state index in [4.69, 9.17) is 4.74 Å². The Morgan fingerprint density at radius 3 is 2.57 bits per heavy atom. The highest BCUT2D eigenvalue weighted by Crippen LogP contribution is 2.14. The maximum absolute atomic E-state index is 12.7. The summed E-state index contributed by atoms with van der Waals surface area (Å²) in [5, 5.41) is 10.7. The Labute approximate surface area is 162 Å². The lowest BCUT2D eigenvalue weighted by molar-refractivity contribution is -0.384. The van der Waals surface area contributed by atoms with Crippen LogP contribution in [0.25, 0.3) is 6.08 Å². The molecule has 0 saturated carbocycles. The van der Waals surface area contributed by atoms with Gasteiger partial charge in [-0.1, -0.05) is 13.0 Å². The number of rotatable bonds is 8. The highest BCUT2D eigenvalue weighted by molar-refractivity contribution is 5.92. The van der Waals surface area contributed by atoms with Crippen LogP contribution in [0.2, 0.25) is 0 Å². The van der Waals surface area contributed by atoms with E-state index in [1.54, 1.807) is 43.6 Å². The van der Waals surface area contributed by atoms with Crippen molar-refractivity contribution < 1.29 is 19.2 Å². The van der Waals surface area contributed by atoms with E-state index in [9.17, 15) is 19.7 Å². The van der Waals surface area contributed by atoms with Crippen molar-refractivity contribution in [3.8, 4) is 0 Å². The molecule has 0 radical (unpaired) electrons. The third-order valence-electron chi connectivity index (χ3n) is 4.03. The smallest absolute Gasteiger partial charge is 0.310 e. The molecule has 1 atom stereocenters. The number of esters is 1. The Hall–Kier alpha value is -3.55. The minimum Gasteiger partial charge on any atom is -0.469 e. The number of non-ortho nitro benzene ring substituents is 1. The largest absolute Gasteiger partial charge is 0.469 e. The second-order valence-corrected chi connectivity index (χ2v) is 6.19. The number of carbonyl (C=O) groups is 2. The predicted molar refractivity (Wildman–Crippen MR) is 103 cm³/mol. The molecule has 0 spiro atoms. The summed E-state index contributed by atoms with van der Waals surface area (Å²) in [5.74, 6) is -1.18. The van der Waals surface area contributed by atoms with Crippen LogP contribution >= 0.6 is 0 Å². The Bertz CT molecular complexity index is 850. The van der Waals surface area contributed by atoms with Gasteiger partial charge in [-0.3, -0.25) is 24.7 Å². The van der Waals surface area contributed by atoms with E-state index in [0.29, 0.717) is 12.1 Å². The number of nitro benzene ring substituents is 1. The Morgan fingerprint density at radius 1 is 1.29 bits per heavy atom. The van der Waals surface area contributed by atoms with Crippen LogP contribution in [0.3, 0.4) is 0 Å². The van der Waals surface area contributed by atoms with Crippen molar-refractivity contribution >= 4 is 23.6 Å². The normalized spacial score (nSPS) is 11.8. The van der Waals surface area contributed by atoms with Crippen molar-refractivity contribution in [3.63, 3.8) is 0 Å². The van der Waals surface area contributed by atoms with E-state index >= 15 is 0 Å². The van der Waals surface area contributed by atoms with E-state index < -0.39 is 16.8 Å². The molecule has 1 aromatic carbocycles. The molecule has 28 heavy (non-hydrogen) atoms. The first kappa shape index (κ1) is 20.8. The van der Waals surface area contributed by atoms with E-state index in [1.807, 2.05) is 6.07 Å². The van der Waals surface area contributed by atoms with Gasteiger partial charge in [0.1, 0.15) is 0 Å². The molecule has 1 unspecified atom stereocenters. The number of carbonyl (C=O) groups excluding carboxylic acids is 2. The van der Waals surface area contributed by atoms with Gasteiger partial charge in [0, 0.05) is 43.7 Å². The number of nitro groups is 1. The number of nitrogens with zero attached hydrogens (tertiary/aromatic N) is 3. The van der Waals surface area contributed by atoms with Gasteiger partial charge in [0.05, 0.1) is 18.0 Å². The summed E-state index contributed by atoms with van der Waals surface area (Å²) < 4.78 is 4.74. The molecule has 0 aliphatic rings. The fourth-order valence-electron chi connectivity index (χ4n) is 2.53. The molecule has 0 N–H and O–H groups in total. The summed E-state index contributed by atoms with van der Waals surface area (Å²) in [5.41, 5.74) is 1.46. The minimum atomic E-state index is -0.488. The number of benzene rings is 1. The number of methoxy groups -OCH3 is 1. The zero-order chi connectivity index (χ0) is 20.5. The molecule has 1 heterocycles. The zero-order valence-electron chi connectivity index (χ0n) is 15.6. The van der Waals surface area contributed by atoms with Crippen LogP contribution in [0.15, 0.2) is 54.9 Å². The SMILES string of the molecule is COC(=O)C(C)CN(Cc1cccnc1)C(=O)/C=C/c1ccc([N+](=O)[O-])cc1. The maximum Gasteiger partial charge on any atom is 0.310 e. The molecule has 8 nitrogen and oxygen atoms in total. The average Bonchev–Trinajstić information content (AvgIpc) is 2.71. The molecule has 0 aliphatic carbocycles. The van der Waals surface area contributed by atoms with Crippen molar-refractivity contribution in [1.82, 2.24) is 9.88 Å². The van der Waals surface area contributed by atoms with Crippen molar-refractivity contribution in [1.29, 1.82) is 0 Å². The molecule has 0 aliphatic heterocycles. The first-order chi connectivity index (χ1) is 13.4. The second kappa shape index (κ2) is 9.96. The van der Waals surface area contributed by atoms with Crippen LogP contribution < -0.4 is 0 Å². The topological polar surface area (TPSA) is 103 Å². The van der Waals surface area contributed by atoms with Crippen LogP contribution in [0.5, 0.6) is 0 Å². The molecule has 1 aromatic heterocycles. The van der Waals surface area contributed by atoms with Gasteiger partial charge in [-0.2, -0.15) is 0 Å². The van der Waals surface area contributed by atoms with Crippen LogP contribution in [-0.4, -0.2) is 40.3 Å². The highest BCUT2D eigenvalue weighted by Gasteiger charge is 2.20. The molecule has 2 aromatic rings. The monoisotopic (exact) mass is 383 g/mol. The highest BCUT2D eigenvalue weighted by atomic mass is 16.6. The van der Waals surface area contributed by atoms with Gasteiger partial charge >= 0.3 is 5.97 Å². The number of amides is 1. The summed E-state index contributed by atoms with van der Waals surface area (Å²) in [7, 11) is 1.31. The average molecular weight is 383 g/mol. The number of ether oxygens (including phenoxy) is 1. The molecule has 1 amide bonds. The summed E-state index contributed by atoms with van der Waals surface area (Å²) in [6.07, 6.45) is 6.25. The van der Waals surface area contributed by atoms with E-state index in [0.717, 1.165) is 5.56 Å². The van der Waals surface area contributed by atoms with Gasteiger partial charge in [0.2, 0.25) is 5.91 Å². The van der Waals surface area contributed by atoms with Crippen molar-refractivity contribution in [3.05, 3.63) is 76.1 Å². The van der Waals surface area contributed by atoms with Crippen LogP contribution in [0.1, 0.15) is 18.1 Å². The summed E-state index contributed by atoms with van der Waals surface area (Å²) in [6, 6.07) is 9.48. The number of pyridine rings is 1. The number of aromatic nitrogens is 1. The van der Waals surface area contributed by atoms with Gasteiger partial charge in [-0.25, -0.2) is 0 Å². The van der Waals surface area contributed by atoms with Crippen molar-refractivity contribution in [2.75, 3.05) is 13.7 Å². The Balaban J connectivity index is 2.14. The molecule has 146 valence electrons. The van der Waals surface area contributed by atoms with E-state index in [-0.39, 0.29) is 18.1 Å².